The van der Waals surface area contributed by atoms with Crippen LogP contribution in [0.2, 0.25) is 0 Å². The zero-order valence-corrected chi connectivity index (χ0v) is 16.2. The first-order valence-corrected chi connectivity index (χ1v) is 8.74. The minimum Gasteiger partial charge on any atom is -0.341 e. The summed E-state index contributed by atoms with van der Waals surface area (Å²) in [6.07, 6.45) is 14.1. The fourth-order valence-corrected chi connectivity index (χ4v) is 2.76. The minimum atomic E-state index is -0.127. The third-order valence-electron chi connectivity index (χ3n) is 3.57. The molecular weight excluding hydrogens is 390 g/mol. The Bertz CT molecular complexity index is 1010. The predicted molar refractivity (Wildman–Crippen MR) is 115 cm³/mol. The molecule has 26 heavy (non-hydrogen) atoms. The number of hydrogen-bond donors (Lipinski definition) is 1. The number of nitrogens with zero attached hydrogens (tertiary/aromatic N) is 2. The molecule has 2 heterocycles. The molecule has 0 aliphatic heterocycles. The van der Waals surface area contributed by atoms with Crippen LogP contribution in [0.15, 0.2) is 95.6 Å². The molecule has 0 atom stereocenters. The summed E-state index contributed by atoms with van der Waals surface area (Å²) in [5.41, 5.74) is 1.98. The van der Waals surface area contributed by atoms with E-state index in [1.807, 2.05) is 29.7 Å². The van der Waals surface area contributed by atoms with Gasteiger partial charge in [-0.05, 0) is 47.1 Å². The van der Waals surface area contributed by atoms with Crippen molar-refractivity contribution in [2.75, 3.05) is 5.32 Å². The molecule has 5 heteroatoms. The monoisotopic (exact) mass is 409 g/mol. The standard InChI is InChI=1S/C21H20BrN3O/c1-5-9-11-17(8-4)25-20(24-16(7-3)10-6-2)13-19(26)18-12-15(22)14-23-21(18)25/h5-14,24H,1-3H2,4H3/b11-9-,16-10+,17-8+. The summed E-state index contributed by atoms with van der Waals surface area (Å²) in [5.74, 6) is 0.576. The second-order valence-electron chi connectivity index (χ2n) is 5.25. The fourth-order valence-electron chi connectivity index (χ4n) is 2.43. The van der Waals surface area contributed by atoms with Gasteiger partial charge in [0.1, 0.15) is 11.5 Å². The number of nitrogens with one attached hydrogen (secondary N) is 1. The van der Waals surface area contributed by atoms with Crippen LogP contribution in [-0.4, -0.2) is 9.55 Å². The summed E-state index contributed by atoms with van der Waals surface area (Å²) >= 11 is 3.38. The fraction of sp³-hybridized carbons (Fsp3) is 0.0476. The van der Waals surface area contributed by atoms with Gasteiger partial charge in [0.25, 0.3) is 0 Å². The highest BCUT2D eigenvalue weighted by atomic mass is 79.9. The smallest absolute Gasteiger partial charge is 0.193 e. The summed E-state index contributed by atoms with van der Waals surface area (Å²) < 4.78 is 2.63. The molecule has 0 saturated heterocycles. The number of allylic oxidation sites excluding steroid dienone is 8. The molecule has 0 bridgehead atoms. The summed E-state index contributed by atoms with van der Waals surface area (Å²) in [4.78, 5) is 17.1. The van der Waals surface area contributed by atoms with E-state index in [9.17, 15) is 4.79 Å². The van der Waals surface area contributed by atoms with Crippen LogP contribution >= 0.6 is 15.9 Å². The van der Waals surface area contributed by atoms with Crippen molar-refractivity contribution in [2.24, 2.45) is 0 Å². The highest BCUT2D eigenvalue weighted by Gasteiger charge is 2.13. The molecule has 0 fully saturated rings. The Labute approximate surface area is 161 Å². The van der Waals surface area contributed by atoms with Gasteiger partial charge in [-0.2, -0.15) is 0 Å². The maximum Gasteiger partial charge on any atom is 0.193 e. The molecule has 0 unspecified atom stereocenters. The van der Waals surface area contributed by atoms with Crippen molar-refractivity contribution in [2.45, 2.75) is 6.92 Å². The van der Waals surface area contributed by atoms with Crippen molar-refractivity contribution in [1.82, 2.24) is 9.55 Å². The Morgan fingerprint density at radius 2 is 2.04 bits per heavy atom. The molecule has 2 aromatic heterocycles. The van der Waals surface area contributed by atoms with Gasteiger partial charge in [-0.15, -0.1) is 0 Å². The molecule has 132 valence electrons. The van der Waals surface area contributed by atoms with Crippen LogP contribution in [0.3, 0.4) is 0 Å². The van der Waals surface area contributed by atoms with Crippen LogP contribution in [0.1, 0.15) is 6.92 Å². The van der Waals surface area contributed by atoms with Gasteiger partial charge in [0.05, 0.1) is 5.39 Å². The van der Waals surface area contributed by atoms with E-state index in [-0.39, 0.29) is 5.43 Å². The molecule has 2 rings (SSSR count). The summed E-state index contributed by atoms with van der Waals surface area (Å²) in [6.45, 7) is 13.1. The van der Waals surface area contributed by atoms with Gasteiger partial charge >= 0.3 is 0 Å². The lowest BCUT2D eigenvalue weighted by molar-refractivity contribution is 1.09. The van der Waals surface area contributed by atoms with Crippen LogP contribution in [0.5, 0.6) is 0 Å². The molecule has 0 saturated carbocycles. The lowest BCUT2D eigenvalue weighted by Crippen LogP contribution is -2.15. The summed E-state index contributed by atoms with van der Waals surface area (Å²) in [5, 5.41) is 3.74. The van der Waals surface area contributed by atoms with Crippen LogP contribution in [0, 0.1) is 0 Å². The van der Waals surface area contributed by atoms with E-state index in [0.717, 1.165) is 10.2 Å². The largest absolute Gasteiger partial charge is 0.341 e. The number of fused-ring (bicyclic) bond motifs is 1. The molecule has 4 nitrogen and oxygen atoms in total. The molecule has 0 aromatic carbocycles. The normalized spacial score (nSPS) is 12.4. The van der Waals surface area contributed by atoms with Crippen molar-refractivity contribution in [1.29, 1.82) is 0 Å². The van der Waals surface area contributed by atoms with Crippen molar-refractivity contribution >= 4 is 38.5 Å². The molecular formula is C21H20BrN3O. The van der Waals surface area contributed by atoms with Crippen molar-refractivity contribution in [3.05, 3.63) is 101 Å². The van der Waals surface area contributed by atoms with E-state index in [2.05, 4.69) is 46.0 Å². The average molecular weight is 410 g/mol. The Balaban J connectivity index is 2.86. The molecule has 0 spiro atoms. The molecule has 0 radical (unpaired) electrons. The molecule has 2 aromatic rings. The number of rotatable bonds is 7. The van der Waals surface area contributed by atoms with Gasteiger partial charge < -0.3 is 5.32 Å². The van der Waals surface area contributed by atoms with Crippen LogP contribution in [0.4, 0.5) is 5.82 Å². The van der Waals surface area contributed by atoms with Crippen LogP contribution in [-0.2, 0) is 0 Å². The second-order valence-corrected chi connectivity index (χ2v) is 6.16. The third kappa shape index (κ3) is 4.18. The van der Waals surface area contributed by atoms with Gasteiger partial charge in [0.2, 0.25) is 0 Å². The van der Waals surface area contributed by atoms with Gasteiger partial charge in [-0.25, -0.2) is 4.98 Å². The quantitative estimate of drug-likeness (QED) is 0.620. The topological polar surface area (TPSA) is 46.9 Å². The highest BCUT2D eigenvalue weighted by Crippen LogP contribution is 2.24. The maximum absolute atomic E-state index is 12.6. The number of halogens is 1. The van der Waals surface area contributed by atoms with E-state index in [1.54, 1.807) is 42.6 Å². The number of pyridine rings is 2. The Morgan fingerprint density at radius 1 is 1.27 bits per heavy atom. The van der Waals surface area contributed by atoms with Crippen LogP contribution < -0.4 is 10.7 Å². The molecule has 0 amide bonds. The zero-order chi connectivity index (χ0) is 19.1. The number of anilines is 1. The zero-order valence-electron chi connectivity index (χ0n) is 14.6. The van der Waals surface area contributed by atoms with Crippen molar-refractivity contribution in [3.63, 3.8) is 0 Å². The Kier molecular flexibility index (Phi) is 6.69. The number of hydrogen-bond acceptors (Lipinski definition) is 3. The first-order chi connectivity index (χ1) is 12.5. The Hall–Kier alpha value is -2.92. The number of aromatic nitrogens is 2. The third-order valence-corrected chi connectivity index (χ3v) is 4.00. The van der Waals surface area contributed by atoms with Gasteiger partial charge in [0.15, 0.2) is 5.43 Å². The Morgan fingerprint density at radius 3 is 2.65 bits per heavy atom. The first kappa shape index (κ1) is 19.4. The highest BCUT2D eigenvalue weighted by molar-refractivity contribution is 9.10. The van der Waals surface area contributed by atoms with Crippen molar-refractivity contribution < 1.29 is 0 Å². The minimum absolute atomic E-state index is 0.127. The van der Waals surface area contributed by atoms with E-state index < -0.39 is 0 Å². The SMILES string of the molecule is C=C/C=C\C(=C/C)n1c(N/C(C=C)=C/C=C)cc(=O)c2cc(Br)cnc21. The van der Waals surface area contributed by atoms with E-state index in [0.29, 0.717) is 22.5 Å². The van der Waals surface area contributed by atoms with Gasteiger partial charge in [0, 0.05) is 28.1 Å². The summed E-state index contributed by atoms with van der Waals surface area (Å²) in [7, 11) is 0. The average Bonchev–Trinajstić information content (AvgIpc) is 2.64. The van der Waals surface area contributed by atoms with Crippen LogP contribution in [0.25, 0.3) is 16.7 Å². The molecule has 0 aliphatic rings. The van der Waals surface area contributed by atoms with E-state index in [1.165, 1.54) is 0 Å². The molecule has 1 N–H and O–H groups in total. The van der Waals surface area contributed by atoms with Gasteiger partial charge in [-0.1, -0.05) is 44.0 Å². The lowest BCUT2D eigenvalue weighted by Gasteiger charge is -2.18. The summed E-state index contributed by atoms with van der Waals surface area (Å²) in [6, 6.07) is 3.31. The first-order valence-electron chi connectivity index (χ1n) is 7.95. The predicted octanol–water partition coefficient (Wildman–Crippen LogP) is 5.43. The van der Waals surface area contributed by atoms with Gasteiger partial charge in [-0.3, -0.25) is 9.36 Å². The van der Waals surface area contributed by atoms with E-state index in [4.69, 9.17) is 0 Å². The second kappa shape index (κ2) is 8.97. The van der Waals surface area contributed by atoms with E-state index >= 15 is 0 Å². The van der Waals surface area contributed by atoms with Crippen molar-refractivity contribution in [3.8, 4) is 0 Å². The molecule has 0 aliphatic carbocycles. The lowest BCUT2D eigenvalue weighted by atomic mass is 10.2. The maximum atomic E-state index is 12.6.